The van der Waals surface area contributed by atoms with Gasteiger partial charge in [-0.3, -0.25) is 19.3 Å². The minimum Gasteiger partial charge on any atom is -0.292 e. The first-order valence-corrected chi connectivity index (χ1v) is 7.18. The first kappa shape index (κ1) is 14.8. The highest BCUT2D eigenvalue weighted by molar-refractivity contribution is 6.43. The summed E-state index contributed by atoms with van der Waals surface area (Å²) in [6, 6.07) is 11.2. The van der Waals surface area contributed by atoms with Crippen molar-refractivity contribution in [2.24, 2.45) is 0 Å². The number of fused-ring (bicyclic) bond motifs is 1. The molecule has 6 heteroatoms. The Hall–Kier alpha value is -2.17. The number of halogens is 2. The smallest absolute Gasteiger partial charge is 0.262 e. The number of ketones is 1. The Balaban J connectivity index is 1.90. The third kappa shape index (κ3) is 2.40. The number of Topliss-reactive ketones (excluding diaryl/α,β-unsaturated/α-hetero) is 1. The van der Waals surface area contributed by atoms with Crippen molar-refractivity contribution >= 4 is 40.8 Å². The van der Waals surface area contributed by atoms with Gasteiger partial charge in [-0.05, 0) is 12.1 Å². The molecule has 0 saturated carbocycles. The molecule has 3 rings (SSSR count). The number of amides is 2. The Morgan fingerprint density at radius 1 is 0.909 bits per heavy atom. The molecule has 0 radical (unpaired) electrons. The Labute approximate surface area is 136 Å². The van der Waals surface area contributed by atoms with Gasteiger partial charge in [0.15, 0.2) is 5.78 Å². The van der Waals surface area contributed by atoms with E-state index in [1.807, 2.05) is 0 Å². The average Bonchev–Trinajstić information content (AvgIpc) is 2.74. The Kier molecular flexibility index (Phi) is 3.72. The lowest BCUT2D eigenvalue weighted by molar-refractivity contribution is 0.0624. The van der Waals surface area contributed by atoms with E-state index in [1.54, 1.807) is 30.3 Å². The second-order valence-electron chi connectivity index (χ2n) is 4.80. The third-order valence-corrected chi connectivity index (χ3v) is 4.13. The van der Waals surface area contributed by atoms with Crippen LogP contribution in [0.5, 0.6) is 0 Å². The molecule has 0 bridgehead atoms. The molecule has 1 aliphatic rings. The standard InChI is InChI=1S/C16H9Cl2NO3/c17-12-6-10-11(7-13(12)18)16(22)19(15(10)21)8-14(20)9-4-2-1-3-5-9/h1-7H,8H2. The molecule has 0 N–H and O–H groups in total. The summed E-state index contributed by atoms with van der Waals surface area (Å²) in [6.45, 7) is -0.314. The number of hydrogen-bond acceptors (Lipinski definition) is 3. The van der Waals surface area contributed by atoms with E-state index in [-0.39, 0.29) is 33.5 Å². The number of imide groups is 1. The number of nitrogens with zero attached hydrogens (tertiary/aromatic N) is 1. The number of benzene rings is 2. The van der Waals surface area contributed by atoms with Gasteiger partial charge in [-0.25, -0.2) is 0 Å². The summed E-state index contributed by atoms with van der Waals surface area (Å²) in [5.74, 6) is -1.39. The number of rotatable bonds is 3. The molecule has 0 aromatic heterocycles. The van der Waals surface area contributed by atoms with Crippen molar-refractivity contribution in [3.05, 3.63) is 69.2 Å². The van der Waals surface area contributed by atoms with Gasteiger partial charge in [0, 0.05) is 5.56 Å². The van der Waals surface area contributed by atoms with E-state index in [0.717, 1.165) is 4.90 Å². The molecule has 2 amide bonds. The van der Waals surface area contributed by atoms with Crippen LogP contribution in [0.15, 0.2) is 42.5 Å². The normalized spacial score (nSPS) is 13.5. The molecule has 110 valence electrons. The first-order chi connectivity index (χ1) is 10.5. The van der Waals surface area contributed by atoms with E-state index in [0.29, 0.717) is 5.56 Å². The fourth-order valence-corrected chi connectivity index (χ4v) is 2.61. The van der Waals surface area contributed by atoms with Gasteiger partial charge in [-0.15, -0.1) is 0 Å². The zero-order valence-corrected chi connectivity index (χ0v) is 12.7. The van der Waals surface area contributed by atoms with Crippen LogP contribution in [-0.2, 0) is 0 Å². The summed E-state index contributed by atoms with van der Waals surface area (Å²) in [5.41, 5.74) is 0.774. The number of carbonyl (C=O) groups excluding carboxylic acids is 3. The molecule has 1 aliphatic heterocycles. The number of hydrogen-bond donors (Lipinski definition) is 0. The van der Waals surface area contributed by atoms with Crippen LogP contribution in [0.4, 0.5) is 0 Å². The molecule has 22 heavy (non-hydrogen) atoms. The minimum absolute atomic E-state index is 0.167. The van der Waals surface area contributed by atoms with E-state index in [1.165, 1.54) is 12.1 Å². The molecule has 2 aromatic carbocycles. The highest BCUT2D eigenvalue weighted by Gasteiger charge is 2.37. The second-order valence-corrected chi connectivity index (χ2v) is 5.61. The van der Waals surface area contributed by atoms with Crippen molar-refractivity contribution in [3.63, 3.8) is 0 Å². The van der Waals surface area contributed by atoms with E-state index in [9.17, 15) is 14.4 Å². The summed E-state index contributed by atoms with van der Waals surface area (Å²) in [7, 11) is 0. The zero-order chi connectivity index (χ0) is 15.9. The topological polar surface area (TPSA) is 54.5 Å². The second kappa shape index (κ2) is 5.55. The maximum absolute atomic E-state index is 12.3. The van der Waals surface area contributed by atoms with Crippen LogP contribution in [-0.4, -0.2) is 29.0 Å². The first-order valence-electron chi connectivity index (χ1n) is 6.42. The molecule has 0 saturated heterocycles. The minimum atomic E-state index is -0.539. The lowest BCUT2D eigenvalue weighted by atomic mass is 10.1. The predicted molar refractivity (Wildman–Crippen MR) is 82.6 cm³/mol. The Bertz CT molecular complexity index is 762. The van der Waals surface area contributed by atoms with Crippen LogP contribution in [0.1, 0.15) is 31.1 Å². The molecule has 0 fully saturated rings. The quantitative estimate of drug-likeness (QED) is 0.638. The van der Waals surface area contributed by atoms with Crippen LogP contribution < -0.4 is 0 Å². The maximum atomic E-state index is 12.3. The largest absolute Gasteiger partial charge is 0.292 e. The van der Waals surface area contributed by atoms with Crippen molar-refractivity contribution < 1.29 is 14.4 Å². The molecular formula is C16H9Cl2NO3. The fourth-order valence-electron chi connectivity index (χ4n) is 2.29. The number of carbonyl (C=O) groups is 3. The van der Waals surface area contributed by atoms with E-state index in [2.05, 4.69) is 0 Å². The van der Waals surface area contributed by atoms with Crippen LogP contribution in [0.25, 0.3) is 0 Å². The lowest BCUT2D eigenvalue weighted by Crippen LogP contribution is -2.34. The molecule has 0 atom stereocenters. The van der Waals surface area contributed by atoms with Crippen LogP contribution in [0.3, 0.4) is 0 Å². The molecule has 0 unspecified atom stereocenters. The zero-order valence-electron chi connectivity index (χ0n) is 11.2. The van der Waals surface area contributed by atoms with E-state index >= 15 is 0 Å². The summed E-state index contributed by atoms with van der Waals surface area (Å²) >= 11 is 11.7. The van der Waals surface area contributed by atoms with E-state index < -0.39 is 11.8 Å². The highest BCUT2D eigenvalue weighted by Crippen LogP contribution is 2.31. The highest BCUT2D eigenvalue weighted by atomic mass is 35.5. The maximum Gasteiger partial charge on any atom is 0.262 e. The van der Waals surface area contributed by atoms with Gasteiger partial charge in [-0.2, -0.15) is 0 Å². The van der Waals surface area contributed by atoms with Crippen LogP contribution in [0, 0.1) is 0 Å². The predicted octanol–water partition coefficient (Wildman–Crippen LogP) is 3.47. The average molecular weight is 334 g/mol. The van der Waals surface area contributed by atoms with Gasteiger partial charge in [0.2, 0.25) is 0 Å². The van der Waals surface area contributed by atoms with Crippen molar-refractivity contribution in [3.8, 4) is 0 Å². The molecule has 2 aromatic rings. The van der Waals surface area contributed by atoms with Gasteiger partial charge < -0.3 is 0 Å². The Morgan fingerprint density at radius 2 is 1.41 bits per heavy atom. The Morgan fingerprint density at radius 3 is 1.91 bits per heavy atom. The molecule has 4 nitrogen and oxygen atoms in total. The van der Waals surface area contributed by atoms with Crippen molar-refractivity contribution in [1.82, 2.24) is 4.90 Å². The third-order valence-electron chi connectivity index (χ3n) is 3.41. The monoisotopic (exact) mass is 333 g/mol. The molecule has 1 heterocycles. The van der Waals surface area contributed by atoms with Gasteiger partial charge in [-0.1, -0.05) is 53.5 Å². The van der Waals surface area contributed by atoms with Crippen molar-refractivity contribution in [2.45, 2.75) is 0 Å². The van der Waals surface area contributed by atoms with Gasteiger partial charge in [0.25, 0.3) is 11.8 Å². The summed E-state index contributed by atoms with van der Waals surface area (Å²) in [6.07, 6.45) is 0. The fraction of sp³-hybridized carbons (Fsp3) is 0.0625. The summed E-state index contributed by atoms with van der Waals surface area (Å²) in [4.78, 5) is 37.7. The SMILES string of the molecule is O=C(CN1C(=O)c2cc(Cl)c(Cl)cc2C1=O)c1ccccc1. The summed E-state index contributed by atoms with van der Waals surface area (Å²) < 4.78 is 0. The van der Waals surface area contributed by atoms with Gasteiger partial charge in [0.1, 0.15) is 0 Å². The van der Waals surface area contributed by atoms with Gasteiger partial charge >= 0.3 is 0 Å². The van der Waals surface area contributed by atoms with E-state index in [4.69, 9.17) is 23.2 Å². The molecular weight excluding hydrogens is 325 g/mol. The molecule has 0 aliphatic carbocycles. The van der Waals surface area contributed by atoms with Crippen molar-refractivity contribution in [2.75, 3.05) is 6.54 Å². The van der Waals surface area contributed by atoms with Crippen molar-refractivity contribution in [1.29, 1.82) is 0 Å². The lowest BCUT2D eigenvalue weighted by Gasteiger charge is -2.12. The summed E-state index contributed by atoms with van der Waals surface area (Å²) in [5, 5.41) is 0.385. The van der Waals surface area contributed by atoms with Crippen LogP contribution >= 0.6 is 23.2 Å². The van der Waals surface area contributed by atoms with Gasteiger partial charge in [0.05, 0.1) is 27.7 Å². The molecule has 0 spiro atoms. The van der Waals surface area contributed by atoms with Crippen LogP contribution in [0.2, 0.25) is 10.0 Å².